The normalized spacial score (nSPS) is 33.3. The first-order valence-electron chi connectivity index (χ1n) is 8.01. The number of benzene rings is 1. The summed E-state index contributed by atoms with van der Waals surface area (Å²) in [5.74, 6) is 0. The van der Waals surface area contributed by atoms with Crippen molar-refractivity contribution >= 4 is 5.69 Å². The molecule has 1 atom stereocenters. The molecule has 0 aromatic heterocycles. The Balaban J connectivity index is 1.66. The summed E-state index contributed by atoms with van der Waals surface area (Å²) in [5, 5.41) is 18.1. The minimum atomic E-state index is -0.528. The molecule has 0 amide bonds. The molecule has 1 heterocycles. The van der Waals surface area contributed by atoms with E-state index < -0.39 is 5.60 Å². The zero-order valence-electron chi connectivity index (χ0n) is 12.4. The van der Waals surface area contributed by atoms with Crippen molar-refractivity contribution in [3.05, 3.63) is 29.8 Å². The van der Waals surface area contributed by atoms with E-state index in [9.17, 15) is 5.11 Å². The molecular formula is C17H26N2O. The Labute approximate surface area is 121 Å². The van der Waals surface area contributed by atoms with E-state index in [1.54, 1.807) is 0 Å². The van der Waals surface area contributed by atoms with E-state index in [2.05, 4.69) is 41.8 Å². The van der Waals surface area contributed by atoms with Crippen LogP contribution in [-0.4, -0.2) is 29.3 Å². The number of aryl methyl sites for hydroxylation is 1. The number of aliphatic hydroxyl groups is 1. The van der Waals surface area contributed by atoms with Gasteiger partial charge in [0.15, 0.2) is 0 Å². The number of rotatable bonds is 3. The van der Waals surface area contributed by atoms with Gasteiger partial charge in [0.2, 0.25) is 0 Å². The number of hydrogen-bond donors (Lipinski definition) is 3. The molecule has 1 aliphatic carbocycles. The molecule has 1 aliphatic heterocycles. The molecule has 1 unspecified atom stereocenters. The summed E-state index contributed by atoms with van der Waals surface area (Å²) in [5.41, 5.74) is 2.07. The Morgan fingerprint density at radius 3 is 2.75 bits per heavy atom. The minimum absolute atomic E-state index is 0.208. The van der Waals surface area contributed by atoms with Gasteiger partial charge in [0.1, 0.15) is 0 Å². The highest BCUT2D eigenvalue weighted by atomic mass is 16.3. The SMILES string of the molecule is CCNC1CCC(O)(C2CCc3ccccc3N2)CC1. The molecule has 110 valence electrons. The summed E-state index contributed by atoms with van der Waals surface area (Å²) in [6.07, 6.45) is 6.11. The third-order valence-corrected chi connectivity index (χ3v) is 5.04. The van der Waals surface area contributed by atoms with Gasteiger partial charge in [-0.05, 0) is 56.7 Å². The van der Waals surface area contributed by atoms with Crippen LogP contribution in [0.3, 0.4) is 0 Å². The van der Waals surface area contributed by atoms with Gasteiger partial charge in [0, 0.05) is 11.7 Å². The van der Waals surface area contributed by atoms with Gasteiger partial charge in [0.25, 0.3) is 0 Å². The Morgan fingerprint density at radius 2 is 2.00 bits per heavy atom. The molecule has 3 rings (SSSR count). The standard InChI is InChI=1S/C17H26N2O/c1-2-18-14-9-11-17(20,12-10-14)16-8-7-13-5-3-4-6-15(13)19-16/h3-6,14,16,18-20H,2,7-12H2,1H3. The van der Waals surface area contributed by atoms with Gasteiger partial charge in [-0.2, -0.15) is 0 Å². The number of anilines is 1. The molecular weight excluding hydrogens is 248 g/mol. The molecule has 1 fully saturated rings. The maximum atomic E-state index is 11.0. The summed E-state index contributed by atoms with van der Waals surface area (Å²) in [6, 6.07) is 9.29. The monoisotopic (exact) mass is 274 g/mol. The molecule has 3 nitrogen and oxygen atoms in total. The lowest BCUT2D eigenvalue weighted by Crippen LogP contribution is -2.52. The zero-order valence-corrected chi connectivity index (χ0v) is 12.4. The van der Waals surface area contributed by atoms with Gasteiger partial charge in [-0.25, -0.2) is 0 Å². The predicted octanol–water partition coefficient (Wildman–Crippen LogP) is 2.70. The van der Waals surface area contributed by atoms with Crippen LogP contribution in [0.4, 0.5) is 5.69 Å². The van der Waals surface area contributed by atoms with Crippen LogP contribution >= 0.6 is 0 Å². The van der Waals surface area contributed by atoms with Crippen molar-refractivity contribution in [3.63, 3.8) is 0 Å². The lowest BCUT2D eigenvalue weighted by atomic mass is 9.74. The minimum Gasteiger partial charge on any atom is -0.388 e. The first-order valence-corrected chi connectivity index (χ1v) is 8.01. The molecule has 1 aromatic carbocycles. The first kappa shape index (κ1) is 13.9. The average molecular weight is 274 g/mol. The largest absolute Gasteiger partial charge is 0.388 e. The fourth-order valence-corrected chi connectivity index (χ4v) is 3.80. The summed E-state index contributed by atoms with van der Waals surface area (Å²) in [4.78, 5) is 0. The van der Waals surface area contributed by atoms with Crippen LogP contribution < -0.4 is 10.6 Å². The first-order chi connectivity index (χ1) is 9.71. The molecule has 1 aromatic rings. The third-order valence-electron chi connectivity index (χ3n) is 5.04. The fourth-order valence-electron chi connectivity index (χ4n) is 3.80. The van der Waals surface area contributed by atoms with Gasteiger partial charge in [-0.1, -0.05) is 25.1 Å². The summed E-state index contributed by atoms with van der Waals surface area (Å²) < 4.78 is 0. The molecule has 0 spiro atoms. The number of hydrogen-bond acceptors (Lipinski definition) is 3. The van der Waals surface area contributed by atoms with Crippen molar-refractivity contribution in [1.82, 2.24) is 5.32 Å². The van der Waals surface area contributed by atoms with Crippen LogP contribution in [0.25, 0.3) is 0 Å². The van der Waals surface area contributed by atoms with E-state index in [1.165, 1.54) is 11.3 Å². The highest BCUT2D eigenvalue weighted by molar-refractivity contribution is 5.54. The van der Waals surface area contributed by atoms with Crippen LogP contribution in [0.5, 0.6) is 0 Å². The zero-order chi connectivity index (χ0) is 14.0. The summed E-state index contributed by atoms with van der Waals surface area (Å²) in [6.45, 7) is 3.18. The second kappa shape index (κ2) is 5.74. The summed E-state index contributed by atoms with van der Waals surface area (Å²) in [7, 11) is 0. The van der Waals surface area contributed by atoms with Gasteiger partial charge >= 0.3 is 0 Å². The van der Waals surface area contributed by atoms with E-state index in [-0.39, 0.29) is 6.04 Å². The molecule has 1 saturated carbocycles. The lowest BCUT2D eigenvalue weighted by molar-refractivity contribution is -0.0227. The maximum absolute atomic E-state index is 11.0. The van der Waals surface area contributed by atoms with Crippen LogP contribution in [0.1, 0.15) is 44.6 Å². The van der Waals surface area contributed by atoms with Crippen molar-refractivity contribution < 1.29 is 5.11 Å². The fraction of sp³-hybridized carbons (Fsp3) is 0.647. The maximum Gasteiger partial charge on any atom is 0.0849 e. The molecule has 20 heavy (non-hydrogen) atoms. The van der Waals surface area contributed by atoms with Crippen LogP contribution in [0.2, 0.25) is 0 Å². The van der Waals surface area contributed by atoms with E-state index in [4.69, 9.17) is 0 Å². The van der Waals surface area contributed by atoms with E-state index in [0.717, 1.165) is 45.1 Å². The molecule has 0 radical (unpaired) electrons. The van der Waals surface area contributed by atoms with Gasteiger partial charge in [0.05, 0.1) is 11.6 Å². The molecule has 0 bridgehead atoms. The van der Waals surface area contributed by atoms with E-state index in [1.807, 2.05) is 0 Å². The summed E-state index contributed by atoms with van der Waals surface area (Å²) >= 11 is 0. The Bertz CT molecular complexity index is 452. The molecule has 2 aliphatic rings. The van der Waals surface area contributed by atoms with Gasteiger partial charge in [-0.3, -0.25) is 0 Å². The van der Waals surface area contributed by atoms with Crippen molar-refractivity contribution in [3.8, 4) is 0 Å². The highest BCUT2D eigenvalue weighted by Gasteiger charge is 2.41. The van der Waals surface area contributed by atoms with Crippen molar-refractivity contribution in [2.75, 3.05) is 11.9 Å². The smallest absolute Gasteiger partial charge is 0.0849 e. The van der Waals surface area contributed by atoms with E-state index >= 15 is 0 Å². The van der Waals surface area contributed by atoms with Crippen LogP contribution in [-0.2, 0) is 6.42 Å². The molecule has 3 N–H and O–H groups in total. The van der Waals surface area contributed by atoms with Crippen LogP contribution in [0, 0.1) is 0 Å². The van der Waals surface area contributed by atoms with Gasteiger partial charge in [-0.15, -0.1) is 0 Å². The Morgan fingerprint density at radius 1 is 1.25 bits per heavy atom. The number of fused-ring (bicyclic) bond motifs is 1. The lowest BCUT2D eigenvalue weighted by Gasteiger charge is -2.44. The van der Waals surface area contributed by atoms with Crippen molar-refractivity contribution in [1.29, 1.82) is 0 Å². The Hall–Kier alpha value is -1.06. The molecule has 3 heteroatoms. The average Bonchev–Trinajstić information content (AvgIpc) is 2.49. The van der Waals surface area contributed by atoms with Crippen LogP contribution in [0.15, 0.2) is 24.3 Å². The topological polar surface area (TPSA) is 44.3 Å². The van der Waals surface area contributed by atoms with E-state index in [0.29, 0.717) is 6.04 Å². The second-order valence-electron chi connectivity index (χ2n) is 6.33. The third kappa shape index (κ3) is 2.70. The molecule has 0 saturated heterocycles. The van der Waals surface area contributed by atoms with Gasteiger partial charge < -0.3 is 15.7 Å². The number of para-hydroxylation sites is 1. The predicted molar refractivity (Wildman–Crippen MR) is 83.1 cm³/mol. The Kier molecular flexibility index (Phi) is 3.99. The second-order valence-corrected chi connectivity index (χ2v) is 6.33. The van der Waals surface area contributed by atoms with Crippen molar-refractivity contribution in [2.24, 2.45) is 0 Å². The highest BCUT2D eigenvalue weighted by Crippen LogP contribution is 2.37. The number of nitrogens with one attached hydrogen (secondary N) is 2. The quantitative estimate of drug-likeness (QED) is 0.794. The van der Waals surface area contributed by atoms with Crippen molar-refractivity contribution in [2.45, 2.75) is 63.1 Å².